The van der Waals surface area contributed by atoms with Crippen LogP contribution >= 0.6 is 0 Å². The molecule has 0 saturated heterocycles. The summed E-state index contributed by atoms with van der Waals surface area (Å²) in [6.07, 6.45) is 2.32. The van der Waals surface area contributed by atoms with Gasteiger partial charge in [-0.05, 0) is 36.5 Å². The van der Waals surface area contributed by atoms with E-state index in [1.807, 2.05) is 13.8 Å². The van der Waals surface area contributed by atoms with E-state index in [4.69, 9.17) is 4.74 Å². The van der Waals surface area contributed by atoms with Gasteiger partial charge in [0.15, 0.2) is 0 Å². The van der Waals surface area contributed by atoms with Crippen LogP contribution in [-0.4, -0.2) is 35.0 Å². The maximum Gasteiger partial charge on any atom is 0.303 e. The Kier molecular flexibility index (Phi) is 4.89. The Morgan fingerprint density at radius 1 is 1.21 bits per heavy atom. The maximum atomic E-state index is 13.2. The molecular formula is C22H28O6. The van der Waals surface area contributed by atoms with E-state index >= 15 is 0 Å². The number of carbonyl (C=O) groups is 4. The third-order valence-corrected chi connectivity index (χ3v) is 6.77. The molecule has 0 aliphatic heterocycles. The number of hydrogen-bond donors (Lipinski definition) is 1. The minimum Gasteiger partial charge on any atom is -0.507 e. The van der Waals surface area contributed by atoms with Gasteiger partial charge in [0, 0.05) is 23.6 Å². The minimum absolute atomic E-state index is 0.0236. The molecule has 0 heterocycles. The molecule has 0 aromatic carbocycles. The van der Waals surface area contributed by atoms with Crippen LogP contribution < -0.4 is 0 Å². The van der Waals surface area contributed by atoms with E-state index < -0.39 is 29.1 Å². The van der Waals surface area contributed by atoms with E-state index in [0.717, 1.165) is 19.1 Å². The lowest BCUT2D eigenvalue weighted by atomic mass is 9.48. The first kappa shape index (κ1) is 20.5. The van der Waals surface area contributed by atoms with Crippen LogP contribution in [0.1, 0.15) is 60.3 Å². The van der Waals surface area contributed by atoms with E-state index in [0.29, 0.717) is 12.8 Å². The summed E-state index contributed by atoms with van der Waals surface area (Å²) >= 11 is 0. The van der Waals surface area contributed by atoms with Gasteiger partial charge in [-0.25, -0.2) is 0 Å². The van der Waals surface area contributed by atoms with Crippen molar-refractivity contribution < 1.29 is 29.0 Å². The maximum absolute atomic E-state index is 13.2. The van der Waals surface area contributed by atoms with Crippen molar-refractivity contribution in [1.82, 2.24) is 0 Å². The Morgan fingerprint density at radius 2 is 1.86 bits per heavy atom. The Labute approximate surface area is 165 Å². The third kappa shape index (κ3) is 2.76. The van der Waals surface area contributed by atoms with E-state index in [9.17, 15) is 24.3 Å². The SMILES string of the molecule is CC(=O)OC1CC2C(C)(C)CCC[C@]2(C=O)C2=C1C(O)=C(C(C)C)C(=O)C2=O. The molecule has 1 N–H and O–H groups in total. The summed E-state index contributed by atoms with van der Waals surface area (Å²) in [6.45, 7) is 8.78. The normalized spacial score (nSPS) is 32.2. The highest BCUT2D eigenvalue weighted by Gasteiger charge is 2.60. The fraction of sp³-hybridized carbons (Fsp3) is 0.636. The molecule has 28 heavy (non-hydrogen) atoms. The van der Waals surface area contributed by atoms with E-state index in [-0.39, 0.29) is 39.7 Å². The van der Waals surface area contributed by atoms with Crippen LogP contribution in [-0.2, 0) is 23.9 Å². The monoisotopic (exact) mass is 388 g/mol. The van der Waals surface area contributed by atoms with Crippen LogP contribution in [0.25, 0.3) is 0 Å². The summed E-state index contributed by atoms with van der Waals surface area (Å²) in [5.74, 6) is -2.99. The highest BCUT2D eigenvalue weighted by atomic mass is 16.5. The van der Waals surface area contributed by atoms with Crippen molar-refractivity contribution in [2.45, 2.75) is 66.4 Å². The molecule has 0 amide bonds. The summed E-state index contributed by atoms with van der Waals surface area (Å²) in [5, 5.41) is 11.0. The van der Waals surface area contributed by atoms with Gasteiger partial charge in [-0.2, -0.15) is 0 Å². The largest absolute Gasteiger partial charge is 0.507 e. The zero-order chi connectivity index (χ0) is 21.0. The Balaban J connectivity index is 2.36. The quantitative estimate of drug-likeness (QED) is 0.345. The van der Waals surface area contributed by atoms with Crippen molar-refractivity contribution in [3.05, 3.63) is 22.5 Å². The van der Waals surface area contributed by atoms with Gasteiger partial charge in [-0.15, -0.1) is 0 Å². The summed E-state index contributed by atoms with van der Waals surface area (Å²) in [7, 11) is 0. The number of esters is 1. The second-order valence-corrected chi connectivity index (χ2v) is 9.25. The lowest BCUT2D eigenvalue weighted by molar-refractivity contribution is -0.150. The molecule has 3 atom stereocenters. The lowest BCUT2D eigenvalue weighted by Gasteiger charge is -2.55. The number of ketones is 2. The zero-order valence-corrected chi connectivity index (χ0v) is 17.1. The van der Waals surface area contributed by atoms with E-state index in [1.54, 1.807) is 13.8 Å². The Morgan fingerprint density at radius 3 is 2.39 bits per heavy atom. The number of fused-ring (bicyclic) bond motifs is 2. The van der Waals surface area contributed by atoms with Crippen LogP contribution in [0.3, 0.4) is 0 Å². The first-order valence-electron chi connectivity index (χ1n) is 9.88. The van der Waals surface area contributed by atoms with Crippen molar-refractivity contribution in [1.29, 1.82) is 0 Å². The molecule has 0 aromatic rings. The molecule has 0 radical (unpaired) electrons. The van der Waals surface area contributed by atoms with Crippen molar-refractivity contribution in [3.8, 4) is 0 Å². The van der Waals surface area contributed by atoms with Gasteiger partial charge in [-0.3, -0.25) is 14.4 Å². The van der Waals surface area contributed by atoms with Crippen LogP contribution in [0.4, 0.5) is 0 Å². The van der Waals surface area contributed by atoms with Crippen molar-refractivity contribution in [2.24, 2.45) is 22.7 Å². The third-order valence-electron chi connectivity index (χ3n) is 6.77. The smallest absolute Gasteiger partial charge is 0.303 e. The van der Waals surface area contributed by atoms with Crippen molar-refractivity contribution in [2.75, 3.05) is 0 Å². The number of ether oxygens (including phenoxy) is 1. The average molecular weight is 388 g/mol. The molecule has 3 rings (SSSR count). The number of aldehydes is 1. The van der Waals surface area contributed by atoms with Gasteiger partial charge in [0.1, 0.15) is 18.1 Å². The highest BCUT2D eigenvalue weighted by Crippen LogP contribution is 2.61. The van der Waals surface area contributed by atoms with Crippen LogP contribution in [0.2, 0.25) is 0 Å². The van der Waals surface area contributed by atoms with Gasteiger partial charge < -0.3 is 14.6 Å². The number of carbonyl (C=O) groups excluding carboxylic acids is 4. The predicted octanol–water partition coefficient (Wildman–Crippen LogP) is 3.25. The van der Waals surface area contributed by atoms with Gasteiger partial charge >= 0.3 is 5.97 Å². The van der Waals surface area contributed by atoms with Gasteiger partial charge in [0.2, 0.25) is 11.6 Å². The summed E-state index contributed by atoms with van der Waals surface area (Å²) in [6, 6.07) is 0. The fourth-order valence-electron chi connectivity index (χ4n) is 5.59. The minimum atomic E-state index is -1.14. The standard InChI is InChI=1S/C22H28O6/c1-11(2)15-18(25)16-13(28-12(3)24)9-14-21(4,5)7-6-8-22(14,10-23)17(16)20(27)19(15)26/h10-11,13-14,25H,6-9H2,1-5H3/t13?,14?,22-/m1/s1. The fourth-order valence-corrected chi connectivity index (χ4v) is 5.59. The molecule has 3 aliphatic carbocycles. The number of Topliss-reactive ketones (excluding diaryl/α,β-unsaturated/α-hetero) is 2. The van der Waals surface area contributed by atoms with E-state index in [2.05, 4.69) is 0 Å². The number of allylic oxidation sites excluding steroid dienone is 2. The summed E-state index contributed by atoms with van der Waals surface area (Å²) < 4.78 is 5.50. The second kappa shape index (κ2) is 6.68. The number of aliphatic hydroxyl groups is 1. The van der Waals surface area contributed by atoms with Crippen molar-refractivity contribution >= 4 is 23.8 Å². The van der Waals surface area contributed by atoms with Crippen LogP contribution in [0.5, 0.6) is 0 Å². The molecule has 152 valence electrons. The van der Waals surface area contributed by atoms with Gasteiger partial charge in [0.05, 0.1) is 5.41 Å². The number of hydrogen-bond acceptors (Lipinski definition) is 6. The Hall–Kier alpha value is -2.24. The lowest BCUT2D eigenvalue weighted by Crippen LogP contribution is -2.55. The summed E-state index contributed by atoms with van der Waals surface area (Å²) in [5.41, 5.74) is -1.20. The first-order chi connectivity index (χ1) is 13.0. The topological polar surface area (TPSA) is 97.7 Å². The second-order valence-electron chi connectivity index (χ2n) is 9.25. The van der Waals surface area contributed by atoms with Crippen LogP contribution in [0.15, 0.2) is 22.5 Å². The molecular weight excluding hydrogens is 360 g/mol. The molecule has 6 heteroatoms. The number of rotatable bonds is 3. The van der Waals surface area contributed by atoms with Crippen LogP contribution in [0, 0.1) is 22.7 Å². The van der Waals surface area contributed by atoms with Crippen molar-refractivity contribution in [3.63, 3.8) is 0 Å². The molecule has 0 bridgehead atoms. The van der Waals surface area contributed by atoms with E-state index in [1.165, 1.54) is 6.92 Å². The molecule has 1 fully saturated rings. The first-order valence-corrected chi connectivity index (χ1v) is 9.88. The van der Waals surface area contributed by atoms with Gasteiger partial charge in [0.25, 0.3) is 0 Å². The molecule has 3 aliphatic rings. The predicted molar refractivity (Wildman–Crippen MR) is 101 cm³/mol. The Bertz CT molecular complexity index is 828. The number of aliphatic hydroxyl groups excluding tert-OH is 1. The molecule has 1 saturated carbocycles. The zero-order valence-electron chi connectivity index (χ0n) is 17.1. The van der Waals surface area contributed by atoms with Gasteiger partial charge in [-0.1, -0.05) is 34.1 Å². The highest BCUT2D eigenvalue weighted by molar-refractivity contribution is 6.51. The molecule has 2 unspecified atom stereocenters. The molecule has 0 spiro atoms. The molecule has 6 nitrogen and oxygen atoms in total. The summed E-state index contributed by atoms with van der Waals surface area (Å²) in [4.78, 5) is 50.3. The average Bonchev–Trinajstić information content (AvgIpc) is 2.58. The molecule has 0 aromatic heterocycles.